The first-order valence-electron chi connectivity index (χ1n) is 11.8. The van der Waals surface area contributed by atoms with E-state index < -0.39 is 0 Å². The van der Waals surface area contributed by atoms with Crippen molar-refractivity contribution >= 4 is 35.8 Å². The van der Waals surface area contributed by atoms with Crippen molar-refractivity contribution in [2.75, 3.05) is 92.3 Å². The van der Waals surface area contributed by atoms with Gasteiger partial charge in [-0.05, 0) is 31.2 Å². The Bertz CT molecular complexity index is 562. The van der Waals surface area contributed by atoms with Crippen LogP contribution in [0.4, 0.5) is 0 Å². The van der Waals surface area contributed by atoms with Crippen LogP contribution in [0, 0.1) is 11.8 Å². The second-order valence-corrected chi connectivity index (χ2v) is 9.35. The van der Waals surface area contributed by atoms with Gasteiger partial charge in [0.1, 0.15) is 0 Å². The molecule has 31 heavy (non-hydrogen) atoms. The third-order valence-electron chi connectivity index (χ3n) is 6.38. The molecular formula is C22H43IN6O2. The van der Waals surface area contributed by atoms with Crippen LogP contribution in [0.15, 0.2) is 4.99 Å². The number of hydrogen-bond acceptors (Lipinski definition) is 5. The van der Waals surface area contributed by atoms with Crippen LogP contribution in [-0.2, 0) is 9.53 Å². The molecule has 3 saturated heterocycles. The fourth-order valence-electron chi connectivity index (χ4n) is 4.79. The monoisotopic (exact) mass is 550 g/mol. The van der Waals surface area contributed by atoms with Gasteiger partial charge in [-0.1, -0.05) is 13.8 Å². The summed E-state index contributed by atoms with van der Waals surface area (Å²) in [6.07, 6.45) is 2.60. The van der Waals surface area contributed by atoms with Gasteiger partial charge in [0, 0.05) is 66.0 Å². The van der Waals surface area contributed by atoms with E-state index in [1.165, 1.54) is 32.5 Å². The minimum Gasteiger partial charge on any atom is -0.378 e. The second-order valence-electron chi connectivity index (χ2n) is 9.35. The normalized spacial score (nSPS) is 24.3. The maximum atomic E-state index is 12.5. The number of guanidine groups is 1. The van der Waals surface area contributed by atoms with Crippen molar-refractivity contribution in [3.63, 3.8) is 0 Å². The summed E-state index contributed by atoms with van der Waals surface area (Å²) in [4.78, 5) is 26.2. The molecule has 3 heterocycles. The number of aliphatic imine (C=N–C) groups is 1. The Labute approximate surface area is 205 Å². The molecule has 0 saturated carbocycles. The summed E-state index contributed by atoms with van der Waals surface area (Å²) in [5.41, 5.74) is 0. The summed E-state index contributed by atoms with van der Waals surface area (Å²) in [7, 11) is 1.88. The van der Waals surface area contributed by atoms with E-state index in [0.717, 1.165) is 57.7 Å². The first-order chi connectivity index (χ1) is 14.5. The van der Waals surface area contributed by atoms with Gasteiger partial charge in [-0.25, -0.2) is 0 Å². The largest absolute Gasteiger partial charge is 0.378 e. The van der Waals surface area contributed by atoms with Gasteiger partial charge in [0.25, 0.3) is 0 Å². The molecule has 3 rings (SSSR count). The predicted octanol–water partition coefficient (Wildman–Crippen LogP) is 1.02. The molecule has 0 aromatic carbocycles. The molecule has 0 aromatic rings. The van der Waals surface area contributed by atoms with Gasteiger partial charge in [0.2, 0.25) is 5.91 Å². The minimum absolute atomic E-state index is 0. The molecule has 1 atom stereocenters. The van der Waals surface area contributed by atoms with E-state index in [4.69, 9.17) is 4.74 Å². The molecule has 8 nitrogen and oxygen atoms in total. The number of likely N-dealkylation sites (tertiary alicyclic amines) is 1. The Morgan fingerprint density at radius 2 is 1.74 bits per heavy atom. The van der Waals surface area contributed by atoms with Crippen LogP contribution in [0.5, 0.6) is 0 Å². The minimum atomic E-state index is 0. The topological polar surface area (TPSA) is 63.7 Å². The molecule has 0 spiro atoms. The van der Waals surface area contributed by atoms with Crippen molar-refractivity contribution in [2.45, 2.75) is 26.7 Å². The molecule has 3 aliphatic rings. The summed E-state index contributed by atoms with van der Waals surface area (Å²) in [6.45, 7) is 16.2. The quantitative estimate of drug-likeness (QED) is 0.303. The van der Waals surface area contributed by atoms with Gasteiger partial charge < -0.3 is 24.8 Å². The fraction of sp³-hybridized carbons (Fsp3) is 0.909. The molecule has 1 N–H and O–H groups in total. The zero-order valence-electron chi connectivity index (χ0n) is 19.7. The maximum absolute atomic E-state index is 12.5. The molecular weight excluding hydrogens is 507 g/mol. The van der Waals surface area contributed by atoms with Crippen LogP contribution in [0.1, 0.15) is 26.7 Å². The number of nitrogens with zero attached hydrogens (tertiary/aromatic N) is 5. The standard InChI is InChI=1S/C22H42N6O2.HI/c1-19(2)16-26-6-4-5-20(17-26)15-24-22(23-3)28-9-7-25(8-10-28)18-21(29)27-11-13-30-14-12-27;/h19-20H,4-18H2,1-3H3,(H,23,24);1H. The zero-order valence-corrected chi connectivity index (χ0v) is 22.1. The second kappa shape index (κ2) is 13.8. The highest BCUT2D eigenvalue weighted by molar-refractivity contribution is 14.0. The summed E-state index contributed by atoms with van der Waals surface area (Å²) >= 11 is 0. The first kappa shape index (κ1) is 26.6. The average Bonchev–Trinajstić information content (AvgIpc) is 2.75. The SMILES string of the molecule is CN=C(NCC1CCCN(CC(C)C)C1)N1CCN(CC(=O)N2CCOCC2)CC1.I. The van der Waals surface area contributed by atoms with Crippen molar-refractivity contribution in [2.24, 2.45) is 16.8 Å². The van der Waals surface area contributed by atoms with Crippen LogP contribution in [0.25, 0.3) is 0 Å². The van der Waals surface area contributed by atoms with E-state index in [0.29, 0.717) is 25.7 Å². The van der Waals surface area contributed by atoms with E-state index in [2.05, 4.69) is 38.9 Å². The van der Waals surface area contributed by atoms with E-state index >= 15 is 0 Å². The Balaban J connectivity index is 0.00000341. The predicted molar refractivity (Wildman–Crippen MR) is 136 cm³/mol. The maximum Gasteiger partial charge on any atom is 0.236 e. The molecule has 0 bridgehead atoms. The van der Waals surface area contributed by atoms with Crippen molar-refractivity contribution in [3.05, 3.63) is 0 Å². The third-order valence-corrected chi connectivity index (χ3v) is 6.38. The van der Waals surface area contributed by atoms with E-state index in [1.54, 1.807) is 0 Å². The number of carbonyl (C=O) groups is 1. The van der Waals surface area contributed by atoms with Crippen molar-refractivity contribution in [3.8, 4) is 0 Å². The van der Waals surface area contributed by atoms with Crippen molar-refractivity contribution in [1.82, 2.24) is 24.9 Å². The van der Waals surface area contributed by atoms with E-state index in [9.17, 15) is 4.79 Å². The lowest BCUT2D eigenvalue weighted by Gasteiger charge is -2.38. The van der Waals surface area contributed by atoms with Gasteiger partial charge in [-0.2, -0.15) is 0 Å². The van der Waals surface area contributed by atoms with Gasteiger partial charge in [-0.3, -0.25) is 14.7 Å². The summed E-state index contributed by atoms with van der Waals surface area (Å²) in [5, 5.41) is 3.63. The lowest BCUT2D eigenvalue weighted by Crippen LogP contribution is -2.55. The number of ether oxygens (including phenoxy) is 1. The molecule has 3 fully saturated rings. The highest BCUT2D eigenvalue weighted by Crippen LogP contribution is 2.17. The number of carbonyl (C=O) groups excluding carboxylic acids is 1. The molecule has 0 aliphatic carbocycles. The number of piperazine rings is 1. The van der Waals surface area contributed by atoms with E-state index in [-0.39, 0.29) is 29.9 Å². The molecule has 1 unspecified atom stereocenters. The number of piperidine rings is 1. The van der Waals surface area contributed by atoms with Gasteiger partial charge in [0.15, 0.2) is 5.96 Å². The van der Waals surface area contributed by atoms with Crippen molar-refractivity contribution < 1.29 is 9.53 Å². The highest BCUT2D eigenvalue weighted by Gasteiger charge is 2.25. The Morgan fingerprint density at radius 1 is 1.03 bits per heavy atom. The smallest absolute Gasteiger partial charge is 0.236 e. The average molecular weight is 551 g/mol. The van der Waals surface area contributed by atoms with Gasteiger partial charge in [0.05, 0.1) is 19.8 Å². The van der Waals surface area contributed by atoms with Crippen LogP contribution in [0.2, 0.25) is 0 Å². The summed E-state index contributed by atoms with van der Waals surface area (Å²) < 4.78 is 5.34. The fourth-order valence-corrected chi connectivity index (χ4v) is 4.79. The first-order valence-corrected chi connectivity index (χ1v) is 11.8. The van der Waals surface area contributed by atoms with Crippen LogP contribution < -0.4 is 5.32 Å². The van der Waals surface area contributed by atoms with Crippen molar-refractivity contribution in [1.29, 1.82) is 0 Å². The van der Waals surface area contributed by atoms with E-state index in [1.807, 2.05) is 11.9 Å². The number of hydrogen-bond donors (Lipinski definition) is 1. The van der Waals surface area contributed by atoms with Crippen LogP contribution >= 0.6 is 24.0 Å². The molecule has 0 aromatic heterocycles. The molecule has 180 valence electrons. The summed E-state index contributed by atoms with van der Waals surface area (Å²) in [5.74, 6) is 2.67. The number of morpholine rings is 1. The molecule has 0 radical (unpaired) electrons. The molecule has 1 amide bonds. The lowest BCUT2D eigenvalue weighted by atomic mass is 9.97. The summed E-state index contributed by atoms with van der Waals surface area (Å²) in [6, 6.07) is 0. The Kier molecular flexibility index (Phi) is 11.8. The Morgan fingerprint density at radius 3 is 2.39 bits per heavy atom. The Hall–Kier alpha value is -0.650. The molecule has 3 aliphatic heterocycles. The lowest BCUT2D eigenvalue weighted by molar-refractivity contribution is -0.136. The number of halogens is 1. The zero-order chi connectivity index (χ0) is 21.3. The van der Waals surface area contributed by atoms with Crippen LogP contribution in [0.3, 0.4) is 0 Å². The van der Waals surface area contributed by atoms with Gasteiger partial charge >= 0.3 is 0 Å². The number of rotatable bonds is 6. The third kappa shape index (κ3) is 8.66. The van der Waals surface area contributed by atoms with Gasteiger partial charge in [-0.15, -0.1) is 24.0 Å². The molecule has 9 heteroatoms. The van der Waals surface area contributed by atoms with Crippen LogP contribution in [-0.4, -0.2) is 124 Å². The highest BCUT2D eigenvalue weighted by atomic mass is 127. The number of amides is 1. The number of nitrogens with one attached hydrogen (secondary N) is 1.